The first kappa shape index (κ1) is 9.66. The minimum atomic E-state index is -0.290. The molecule has 1 atom stereocenters. The van der Waals surface area contributed by atoms with E-state index in [0.29, 0.717) is 23.7 Å². The van der Waals surface area contributed by atoms with Gasteiger partial charge >= 0.3 is 5.97 Å². The third kappa shape index (κ3) is 1.16. The molecule has 0 fully saturated rings. The molecule has 0 radical (unpaired) electrons. The fourth-order valence-electron chi connectivity index (χ4n) is 2.42. The molecule has 3 rings (SSSR count). The van der Waals surface area contributed by atoms with Crippen LogP contribution in [0.1, 0.15) is 28.4 Å². The molecule has 2 N–H and O–H groups in total. The van der Waals surface area contributed by atoms with Crippen LogP contribution in [0.5, 0.6) is 11.5 Å². The van der Waals surface area contributed by atoms with Crippen molar-refractivity contribution in [1.29, 1.82) is 0 Å². The topological polar surface area (TPSA) is 61.5 Å². The average Bonchev–Trinajstić information content (AvgIpc) is 2.55. The van der Waals surface area contributed by atoms with Gasteiger partial charge in [0.05, 0.1) is 6.61 Å². The maximum absolute atomic E-state index is 11.4. The SMILES string of the molecule is CCOc1cc2c(c3c1C(=O)O3)CC(N)C2. The maximum atomic E-state index is 11.4. The summed E-state index contributed by atoms with van der Waals surface area (Å²) in [5, 5.41) is 0. The Morgan fingerprint density at radius 2 is 2.38 bits per heavy atom. The van der Waals surface area contributed by atoms with Crippen molar-refractivity contribution >= 4 is 5.97 Å². The van der Waals surface area contributed by atoms with Gasteiger partial charge in [-0.3, -0.25) is 0 Å². The number of hydrogen-bond donors (Lipinski definition) is 1. The average molecular weight is 219 g/mol. The summed E-state index contributed by atoms with van der Waals surface area (Å²) in [6.07, 6.45) is 1.62. The molecule has 84 valence electrons. The lowest BCUT2D eigenvalue weighted by molar-refractivity contribution is 0.0648. The van der Waals surface area contributed by atoms with Gasteiger partial charge in [0.15, 0.2) is 5.75 Å². The highest BCUT2D eigenvalue weighted by molar-refractivity contribution is 6.05. The first-order valence-electron chi connectivity index (χ1n) is 5.50. The summed E-state index contributed by atoms with van der Waals surface area (Å²) in [7, 11) is 0. The van der Waals surface area contributed by atoms with Crippen LogP contribution in [0, 0.1) is 0 Å². The number of carbonyl (C=O) groups is 1. The number of carbonyl (C=O) groups excluding carboxylic acids is 1. The molecule has 0 aromatic heterocycles. The normalized spacial score (nSPS) is 20.9. The minimum Gasteiger partial charge on any atom is -0.493 e. The number of hydrogen-bond acceptors (Lipinski definition) is 4. The molecule has 0 saturated heterocycles. The van der Waals surface area contributed by atoms with Gasteiger partial charge < -0.3 is 15.2 Å². The van der Waals surface area contributed by atoms with E-state index in [1.807, 2.05) is 13.0 Å². The number of benzene rings is 1. The molecular formula is C12H13NO3. The number of nitrogens with two attached hydrogens (primary N) is 1. The number of esters is 1. The highest BCUT2D eigenvalue weighted by Gasteiger charge is 2.37. The van der Waals surface area contributed by atoms with Crippen LogP contribution in [0.4, 0.5) is 0 Å². The molecule has 1 aliphatic heterocycles. The van der Waals surface area contributed by atoms with Gasteiger partial charge in [-0.1, -0.05) is 0 Å². The van der Waals surface area contributed by atoms with E-state index >= 15 is 0 Å². The molecule has 4 nitrogen and oxygen atoms in total. The Bertz CT molecular complexity index is 482. The Morgan fingerprint density at radius 3 is 3.06 bits per heavy atom. The van der Waals surface area contributed by atoms with Crippen LogP contribution in [-0.4, -0.2) is 18.6 Å². The van der Waals surface area contributed by atoms with Gasteiger partial charge in [-0.2, -0.15) is 0 Å². The van der Waals surface area contributed by atoms with Crippen molar-refractivity contribution in [3.05, 3.63) is 22.8 Å². The largest absolute Gasteiger partial charge is 0.493 e. The van der Waals surface area contributed by atoms with Gasteiger partial charge in [-0.05, 0) is 31.4 Å². The Balaban J connectivity index is 2.13. The van der Waals surface area contributed by atoms with Crippen LogP contribution in [0.3, 0.4) is 0 Å². The van der Waals surface area contributed by atoms with E-state index in [9.17, 15) is 4.79 Å². The van der Waals surface area contributed by atoms with Crippen LogP contribution in [-0.2, 0) is 12.8 Å². The predicted molar refractivity (Wildman–Crippen MR) is 58.0 cm³/mol. The lowest BCUT2D eigenvalue weighted by Gasteiger charge is -2.23. The second kappa shape index (κ2) is 3.22. The number of rotatable bonds is 2. The van der Waals surface area contributed by atoms with Crippen molar-refractivity contribution in [2.45, 2.75) is 25.8 Å². The summed E-state index contributed by atoms with van der Waals surface area (Å²) in [5.41, 5.74) is 8.74. The molecule has 0 bridgehead atoms. The van der Waals surface area contributed by atoms with Gasteiger partial charge in [-0.25, -0.2) is 4.79 Å². The Morgan fingerprint density at radius 1 is 1.56 bits per heavy atom. The molecule has 2 aliphatic rings. The van der Waals surface area contributed by atoms with Gasteiger partial charge in [0.1, 0.15) is 11.3 Å². The first-order chi connectivity index (χ1) is 7.70. The quantitative estimate of drug-likeness (QED) is 0.755. The van der Waals surface area contributed by atoms with Crippen LogP contribution in [0.15, 0.2) is 6.07 Å². The Kier molecular flexibility index (Phi) is 1.94. The van der Waals surface area contributed by atoms with Crippen molar-refractivity contribution < 1.29 is 14.3 Å². The molecule has 16 heavy (non-hydrogen) atoms. The third-order valence-electron chi connectivity index (χ3n) is 3.09. The Hall–Kier alpha value is -1.55. The molecule has 4 heteroatoms. The fraction of sp³-hybridized carbons (Fsp3) is 0.417. The molecular weight excluding hydrogens is 206 g/mol. The molecule has 1 aromatic carbocycles. The standard InChI is InChI=1S/C12H13NO3/c1-2-15-9-4-6-3-7(13)5-8(6)11-10(9)12(14)16-11/h4,7H,2-3,5,13H2,1H3. The van der Waals surface area contributed by atoms with E-state index in [4.69, 9.17) is 15.2 Å². The summed E-state index contributed by atoms with van der Waals surface area (Å²) >= 11 is 0. The lowest BCUT2D eigenvalue weighted by Crippen LogP contribution is -2.24. The first-order valence-corrected chi connectivity index (χ1v) is 5.50. The zero-order valence-corrected chi connectivity index (χ0v) is 9.08. The van der Waals surface area contributed by atoms with E-state index in [1.165, 1.54) is 0 Å². The van der Waals surface area contributed by atoms with Crippen LogP contribution >= 0.6 is 0 Å². The van der Waals surface area contributed by atoms with Gasteiger partial charge in [0, 0.05) is 11.6 Å². The molecule has 0 spiro atoms. The molecule has 1 aliphatic carbocycles. The van der Waals surface area contributed by atoms with Crippen LogP contribution < -0.4 is 15.2 Å². The zero-order chi connectivity index (χ0) is 11.3. The molecule has 0 saturated carbocycles. The lowest BCUT2D eigenvalue weighted by atomic mass is 10.00. The summed E-state index contributed by atoms with van der Waals surface area (Å²) < 4.78 is 10.5. The minimum absolute atomic E-state index is 0.135. The smallest absolute Gasteiger partial charge is 0.351 e. The van der Waals surface area contributed by atoms with E-state index in [0.717, 1.165) is 24.0 Å². The second-order valence-corrected chi connectivity index (χ2v) is 4.21. The summed E-state index contributed by atoms with van der Waals surface area (Å²) in [6, 6.07) is 2.07. The van der Waals surface area contributed by atoms with E-state index < -0.39 is 0 Å². The molecule has 1 unspecified atom stereocenters. The molecule has 1 aromatic rings. The summed E-state index contributed by atoms with van der Waals surface area (Å²) in [6.45, 7) is 2.44. The molecule has 1 heterocycles. The highest BCUT2D eigenvalue weighted by Crippen LogP contribution is 2.44. The maximum Gasteiger partial charge on any atom is 0.351 e. The van der Waals surface area contributed by atoms with Crippen molar-refractivity contribution in [3.63, 3.8) is 0 Å². The van der Waals surface area contributed by atoms with Gasteiger partial charge in [0.2, 0.25) is 0 Å². The van der Waals surface area contributed by atoms with Crippen molar-refractivity contribution in [2.75, 3.05) is 6.61 Å². The van der Waals surface area contributed by atoms with Crippen molar-refractivity contribution in [2.24, 2.45) is 5.73 Å². The highest BCUT2D eigenvalue weighted by atomic mass is 16.6. The van der Waals surface area contributed by atoms with Crippen LogP contribution in [0.25, 0.3) is 0 Å². The van der Waals surface area contributed by atoms with Crippen molar-refractivity contribution in [3.8, 4) is 11.5 Å². The monoisotopic (exact) mass is 219 g/mol. The summed E-state index contributed by atoms with van der Waals surface area (Å²) in [5.74, 6) is 1.04. The van der Waals surface area contributed by atoms with E-state index in [1.54, 1.807) is 0 Å². The van der Waals surface area contributed by atoms with Gasteiger partial charge in [0.25, 0.3) is 0 Å². The van der Waals surface area contributed by atoms with Crippen molar-refractivity contribution in [1.82, 2.24) is 0 Å². The Labute approximate surface area is 93.3 Å². The van der Waals surface area contributed by atoms with Crippen LogP contribution in [0.2, 0.25) is 0 Å². The van der Waals surface area contributed by atoms with Gasteiger partial charge in [-0.15, -0.1) is 0 Å². The molecule has 0 amide bonds. The van der Waals surface area contributed by atoms with E-state index in [2.05, 4.69) is 0 Å². The van der Waals surface area contributed by atoms with E-state index in [-0.39, 0.29) is 12.0 Å². The number of ether oxygens (including phenoxy) is 2. The summed E-state index contributed by atoms with van der Waals surface area (Å²) in [4.78, 5) is 11.4. The number of fused-ring (bicyclic) bond motifs is 3. The zero-order valence-electron chi connectivity index (χ0n) is 9.08. The fourth-order valence-corrected chi connectivity index (χ4v) is 2.42. The third-order valence-corrected chi connectivity index (χ3v) is 3.09. The second-order valence-electron chi connectivity index (χ2n) is 4.21. The predicted octanol–water partition coefficient (Wildman–Crippen LogP) is 1.04.